The van der Waals surface area contributed by atoms with Crippen molar-refractivity contribution in [3.8, 4) is 17.9 Å². The summed E-state index contributed by atoms with van der Waals surface area (Å²) >= 11 is 0. The molecule has 1 aromatic heterocycles. The Balaban J connectivity index is 1.89. The zero-order chi connectivity index (χ0) is 22.4. The van der Waals surface area contributed by atoms with Crippen molar-refractivity contribution in [2.75, 3.05) is 0 Å². The van der Waals surface area contributed by atoms with Crippen LogP contribution < -0.4 is 4.74 Å². The van der Waals surface area contributed by atoms with Gasteiger partial charge in [-0.05, 0) is 5.56 Å². The number of esters is 1. The van der Waals surface area contributed by atoms with Gasteiger partial charge in [-0.15, -0.1) is 0 Å². The molecule has 9 nitrogen and oxygen atoms in total. The van der Waals surface area contributed by atoms with Crippen molar-refractivity contribution in [2.45, 2.75) is 12.3 Å². The molecule has 0 amide bonds. The van der Waals surface area contributed by atoms with Crippen LogP contribution in [0, 0.1) is 32.8 Å². The number of carbonyl (C=O) groups is 1. The molecule has 4 aromatic rings. The summed E-state index contributed by atoms with van der Waals surface area (Å²) in [4.78, 5) is 31.9. The summed E-state index contributed by atoms with van der Waals surface area (Å²) in [6.45, 7) is 0. The van der Waals surface area contributed by atoms with Gasteiger partial charge in [-0.2, -0.15) is 10.5 Å². The van der Waals surface area contributed by atoms with E-state index in [9.17, 15) is 25.4 Å². The third kappa shape index (κ3) is 2.81. The van der Waals surface area contributed by atoms with Gasteiger partial charge in [0, 0.05) is 34.4 Å². The second-order valence-corrected chi connectivity index (χ2v) is 7.21. The zero-order valence-corrected chi connectivity index (χ0v) is 16.3. The van der Waals surface area contributed by atoms with Crippen LogP contribution in [-0.4, -0.2) is 20.9 Å². The molecule has 1 unspecified atom stereocenters. The number of fused-ring (bicyclic) bond motifs is 6. The SMILES string of the molecule is N#Cc1nc2c3c(c4ccccc4c2nc1C#N)OC(=O)CC3c1ccc([N+](=O)[O-])cc1. The molecular formula is C23H11N5O4. The molecule has 0 spiro atoms. The number of nitrogens with zero attached hydrogens (tertiary/aromatic N) is 5. The van der Waals surface area contributed by atoms with Crippen molar-refractivity contribution in [1.82, 2.24) is 9.97 Å². The molecule has 1 atom stereocenters. The molecule has 0 radical (unpaired) electrons. The first-order valence-electron chi connectivity index (χ1n) is 9.53. The molecule has 0 fully saturated rings. The average molecular weight is 421 g/mol. The summed E-state index contributed by atoms with van der Waals surface area (Å²) in [5.74, 6) is -0.656. The van der Waals surface area contributed by atoms with E-state index in [0.717, 1.165) is 0 Å². The molecular weight excluding hydrogens is 410 g/mol. The van der Waals surface area contributed by atoms with Gasteiger partial charge < -0.3 is 4.74 Å². The van der Waals surface area contributed by atoms with Crippen LogP contribution in [0.15, 0.2) is 48.5 Å². The Morgan fingerprint density at radius 3 is 2.22 bits per heavy atom. The summed E-state index contributed by atoms with van der Waals surface area (Å²) in [6.07, 6.45) is -0.0121. The second-order valence-electron chi connectivity index (χ2n) is 7.21. The maximum Gasteiger partial charge on any atom is 0.312 e. The van der Waals surface area contributed by atoms with Gasteiger partial charge in [-0.1, -0.05) is 36.4 Å². The molecule has 1 aliphatic rings. The highest BCUT2D eigenvalue weighted by Gasteiger charge is 2.34. The topological polar surface area (TPSA) is 143 Å². The summed E-state index contributed by atoms with van der Waals surface area (Å²) in [6, 6.07) is 16.9. The van der Waals surface area contributed by atoms with Crippen LogP contribution >= 0.6 is 0 Å². The standard InChI is InChI=1S/C23H11N5O4/c24-10-17-18(11-25)27-22-20-16(12-5-7-13(8-6-12)28(30)31)9-19(29)32-23(20)15-4-2-1-3-14(15)21(22)26-17/h1-8,16H,9H2. The number of rotatable bonds is 2. The average Bonchev–Trinajstić information content (AvgIpc) is 2.82. The van der Waals surface area contributed by atoms with E-state index in [1.807, 2.05) is 12.1 Å². The van der Waals surface area contributed by atoms with Gasteiger partial charge in [0.1, 0.15) is 17.9 Å². The summed E-state index contributed by atoms with van der Waals surface area (Å²) in [5.41, 5.74) is 1.70. The summed E-state index contributed by atoms with van der Waals surface area (Å²) in [5, 5.41) is 31.2. The second kappa shape index (κ2) is 7.11. The Kier molecular flexibility index (Phi) is 4.24. The third-order valence-electron chi connectivity index (χ3n) is 5.48. The van der Waals surface area contributed by atoms with E-state index in [0.29, 0.717) is 38.7 Å². The van der Waals surface area contributed by atoms with E-state index < -0.39 is 16.8 Å². The molecule has 9 heteroatoms. The Morgan fingerprint density at radius 1 is 0.969 bits per heavy atom. The number of nitro benzene ring substituents is 1. The summed E-state index contributed by atoms with van der Waals surface area (Å²) < 4.78 is 5.63. The van der Waals surface area contributed by atoms with E-state index in [-0.39, 0.29) is 23.5 Å². The van der Waals surface area contributed by atoms with Gasteiger partial charge in [0.15, 0.2) is 11.4 Å². The maximum atomic E-state index is 12.5. The van der Waals surface area contributed by atoms with E-state index in [1.54, 1.807) is 36.4 Å². The van der Waals surface area contributed by atoms with E-state index >= 15 is 0 Å². The van der Waals surface area contributed by atoms with Crippen LogP contribution in [0.4, 0.5) is 5.69 Å². The van der Waals surface area contributed by atoms with Gasteiger partial charge in [0.25, 0.3) is 5.69 Å². The van der Waals surface area contributed by atoms with Crippen LogP contribution in [-0.2, 0) is 4.79 Å². The van der Waals surface area contributed by atoms with Crippen molar-refractivity contribution >= 4 is 33.5 Å². The normalized spacial score (nSPS) is 14.9. The predicted molar refractivity (Wildman–Crippen MR) is 112 cm³/mol. The molecule has 0 N–H and O–H groups in total. The van der Waals surface area contributed by atoms with Crippen LogP contribution in [0.3, 0.4) is 0 Å². The van der Waals surface area contributed by atoms with Crippen molar-refractivity contribution in [3.63, 3.8) is 0 Å². The number of non-ortho nitro benzene ring substituents is 1. The lowest BCUT2D eigenvalue weighted by Gasteiger charge is -2.27. The number of hydrogen-bond acceptors (Lipinski definition) is 8. The van der Waals surface area contributed by atoms with E-state index in [2.05, 4.69) is 9.97 Å². The number of aromatic nitrogens is 2. The van der Waals surface area contributed by atoms with Gasteiger partial charge in [0.2, 0.25) is 0 Å². The molecule has 2 heterocycles. The highest BCUT2D eigenvalue weighted by atomic mass is 16.6. The lowest BCUT2D eigenvalue weighted by molar-refractivity contribution is -0.384. The fraction of sp³-hybridized carbons (Fsp3) is 0.0870. The molecule has 0 aliphatic carbocycles. The van der Waals surface area contributed by atoms with Gasteiger partial charge in [-0.25, -0.2) is 9.97 Å². The molecule has 1 aliphatic heterocycles. The lowest BCUT2D eigenvalue weighted by Crippen LogP contribution is -2.22. The highest BCUT2D eigenvalue weighted by Crippen LogP contribution is 2.47. The highest BCUT2D eigenvalue weighted by molar-refractivity contribution is 6.11. The monoisotopic (exact) mass is 421 g/mol. The fourth-order valence-corrected chi connectivity index (χ4v) is 4.08. The van der Waals surface area contributed by atoms with Gasteiger partial charge in [-0.3, -0.25) is 14.9 Å². The largest absolute Gasteiger partial charge is 0.425 e. The number of nitriles is 2. The Hall–Kier alpha value is -4.89. The van der Waals surface area contributed by atoms with Crippen molar-refractivity contribution in [1.29, 1.82) is 10.5 Å². The Morgan fingerprint density at radius 2 is 1.59 bits per heavy atom. The van der Waals surface area contributed by atoms with Crippen LogP contribution in [0.1, 0.15) is 34.9 Å². The number of nitro groups is 1. The third-order valence-corrected chi connectivity index (χ3v) is 5.48. The molecule has 0 saturated carbocycles. The molecule has 3 aromatic carbocycles. The number of carbonyl (C=O) groups excluding carboxylic acids is 1. The zero-order valence-electron chi connectivity index (χ0n) is 16.3. The number of ether oxygens (including phenoxy) is 1. The fourth-order valence-electron chi connectivity index (χ4n) is 4.08. The van der Waals surface area contributed by atoms with Crippen LogP contribution in [0.2, 0.25) is 0 Å². The summed E-state index contributed by atoms with van der Waals surface area (Å²) in [7, 11) is 0. The van der Waals surface area contributed by atoms with E-state index in [1.165, 1.54) is 12.1 Å². The molecule has 32 heavy (non-hydrogen) atoms. The van der Waals surface area contributed by atoms with E-state index in [4.69, 9.17) is 4.74 Å². The number of hydrogen-bond donors (Lipinski definition) is 0. The maximum absolute atomic E-state index is 12.5. The molecule has 5 rings (SSSR count). The van der Waals surface area contributed by atoms with Crippen molar-refractivity contribution in [2.24, 2.45) is 0 Å². The number of benzene rings is 3. The minimum atomic E-state index is -0.520. The smallest absolute Gasteiger partial charge is 0.312 e. The molecule has 0 bridgehead atoms. The Bertz CT molecular complexity index is 1550. The lowest BCUT2D eigenvalue weighted by atomic mass is 9.83. The van der Waals surface area contributed by atoms with Crippen molar-refractivity contribution in [3.05, 3.63) is 81.2 Å². The predicted octanol–water partition coefficient (Wildman–Crippen LogP) is 3.88. The first-order chi connectivity index (χ1) is 15.5. The van der Waals surface area contributed by atoms with Crippen molar-refractivity contribution < 1.29 is 14.5 Å². The quantitative estimate of drug-likeness (QED) is 0.156. The van der Waals surface area contributed by atoms with Crippen LogP contribution in [0.5, 0.6) is 5.75 Å². The minimum Gasteiger partial charge on any atom is -0.425 e. The van der Waals surface area contributed by atoms with Gasteiger partial charge >= 0.3 is 5.97 Å². The first-order valence-corrected chi connectivity index (χ1v) is 9.53. The molecule has 152 valence electrons. The first kappa shape index (κ1) is 19.1. The minimum absolute atomic E-state index is 0.0121. The van der Waals surface area contributed by atoms with Crippen LogP contribution in [0.25, 0.3) is 21.8 Å². The molecule has 0 saturated heterocycles. The van der Waals surface area contributed by atoms with Gasteiger partial charge in [0.05, 0.1) is 22.4 Å². The Labute approximate surface area is 180 Å².